The van der Waals surface area contributed by atoms with Gasteiger partial charge in [0.05, 0.1) is 6.61 Å². The van der Waals surface area contributed by atoms with Crippen LogP contribution in [-0.2, 0) is 11.3 Å². The lowest BCUT2D eigenvalue weighted by Gasteiger charge is -2.14. The van der Waals surface area contributed by atoms with Gasteiger partial charge in [-0.15, -0.1) is 0 Å². The molecule has 0 saturated heterocycles. The summed E-state index contributed by atoms with van der Waals surface area (Å²) in [5.41, 5.74) is 1.19. The van der Waals surface area contributed by atoms with E-state index in [0.29, 0.717) is 25.0 Å². The molecule has 19 heavy (non-hydrogen) atoms. The van der Waals surface area contributed by atoms with Crippen LogP contribution in [-0.4, -0.2) is 30.8 Å². The quantitative estimate of drug-likeness (QED) is 0.746. The van der Waals surface area contributed by atoms with Crippen molar-refractivity contribution in [3.05, 3.63) is 23.9 Å². The van der Waals surface area contributed by atoms with Gasteiger partial charge in [-0.05, 0) is 37.9 Å². The SMILES string of the molecule is CCOCC(C)Oc1cc(CNCC(C)C)ccn1. The summed E-state index contributed by atoms with van der Waals surface area (Å²) in [5, 5.41) is 3.41. The Morgan fingerprint density at radius 3 is 2.79 bits per heavy atom. The van der Waals surface area contributed by atoms with Crippen LogP contribution in [0.2, 0.25) is 0 Å². The molecule has 4 nitrogen and oxygen atoms in total. The number of pyridine rings is 1. The number of aromatic nitrogens is 1. The van der Waals surface area contributed by atoms with Gasteiger partial charge in [0.1, 0.15) is 6.10 Å². The summed E-state index contributed by atoms with van der Waals surface area (Å²) in [6.45, 7) is 11.5. The zero-order valence-electron chi connectivity index (χ0n) is 12.5. The number of hydrogen-bond donors (Lipinski definition) is 1. The minimum absolute atomic E-state index is 0.0197. The molecule has 1 aromatic heterocycles. The second-order valence-electron chi connectivity index (χ2n) is 5.12. The standard InChI is InChI=1S/C15H26N2O2/c1-5-18-11-13(4)19-15-8-14(6-7-17-15)10-16-9-12(2)3/h6-8,12-13,16H,5,9-11H2,1-4H3. The first-order valence-corrected chi connectivity index (χ1v) is 7.01. The fraction of sp³-hybridized carbons (Fsp3) is 0.667. The number of nitrogens with one attached hydrogen (secondary N) is 1. The van der Waals surface area contributed by atoms with Crippen LogP contribution in [0.4, 0.5) is 0 Å². The van der Waals surface area contributed by atoms with Crippen LogP contribution in [0.1, 0.15) is 33.3 Å². The van der Waals surface area contributed by atoms with Gasteiger partial charge in [-0.3, -0.25) is 0 Å². The van der Waals surface area contributed by atoms with E-state index in [9.17, 15) is 0 Å². The van der Waals surface area contributed by atoms with Crippen molar-refractivity contribution in [2.75, 3.05) is 19.8 Å². The van der Waals surface area contributed by atoms with E-state index in [1.807, 2.05) is 26.0 Å². The lowest BCUT2D eigenvalue weighted by Crippen LogP contribution is -2.20. The molecule has 0 spiro atoms. The average molecular weight is 266 g/mol. The topological polar surface area (TPSA) is 43.4 Å². The monoisotopic (exact) mass is 266 g/mol. The van der Waals surface area contributed by atoms with Crippen LogP contribution in [0.15, 0.2) is 18.3 Å². The third-order valence-corrected chi connectivity index (χ3v) is 2.56. The first kappa shape index (κ1) is 15.9. The smallest absolute Gasteiger partial charge is 0.213 e. The fourth-order valence-corrected chi connectivity index (χ4v) is 1.65. The van der Waals surface area contributed by atoms with Crippen molar-refractivity contribution in [2.24, 2.45) is 5.92 Å². The normalized spacial score (nSPS) is 12.7. The Morgan fingerprint density at radius 2 is 2.11 bits per heavy atom. The molecule has 0 amide bonds. The van der Waals surface area contributed by atoms with Gasteiger partial charge in [-0.2, -0.15) is 0 Å². The first-order valence-electron chi connectivity index (χ1n) is 7.01. The summed E-state index contributed by atoms with van der Waals surface area (Å²) in [4.78, 5) is 4.23. The van der Waals surface area contributed by atoms with Crippen LogP contribution in [0.25, 0.3) is 0 Å². The van der Waals surface area contributed by atoms with Crippen LogP contribution >= 0.6 is 0 Å². The Labute approximate surface area is 116 Å². The predicted octanol–water partition coefficient (Wildman–Crippen LogP) is 2.63. The van der Waals surface area contributed by atoms with E-state index in [-0.39, 0.29) is 6.10 Å². The largest absolute Gasteiger partial charge is 0.472 e. The van der Waals surface area contributed by atoms with E-state index in [2.05, 4.69) is 24.1 Å². The molecule has 0 aromatic carbocycles. The molecule has 0 saturated carbocycles. The van der Waals surface area contributed by atoms with E-state index in [4.69, 9.17) is 9.47 Å². The average Bonchev–Trinajstić information content (AvgIpc) is 2.36. The third kappa shape index (κ3) is 7.13. The minimum atomic E-state index is 0.0197. The van der Waals surface area contributed by atoms with E-state index < -0.39 is 0 Å². The second kappa shape index (κ2) is 8.88. The Bertz CT molecular complexity index is 356. The molecule has 1 aromatic rings. The Morgan fingerprint density at radius 1 is 1.32 bits per heavy atom. The fourth-order valence-electron chi connectivity index (χ4n) is 1.65. The maximum atomic E-state index is 5.72. The Balaban J connectivity index is 2.42. The van der Waals surface area contributed by atoms with Gasteiger partial charge in [-0.1, -0.05) is 13.8 Å². The number of nitrogens with zero attached hydrogens (tertiary/aromatic N) is 1. The van der Waals surface area contributed by atoms with E-state index in [1.165, 1.54) is 5.56 Å². The van der Waals surface area contributed by atoms with Gasteiger partial charge < -0.3 is 14.8 Å². The molecule has 1 rings (SSSR count). The highest BCUT2D eigenvalue weighted by Crippen LogP contribution is 2.11. The summed E-state index contributed by atoms with van der Waals surface area (Å²) in [7, 11) is 0. The third-order valence-electron chi connectivity index (χ3n) is 2.56. The highest BCUT2D eigenvalue weighted by Gasteiger charge is 2.05. The van der Waals surface area contributed by atoms with E-state index >= 15 is 0 Å². The second-order valence-corrected chi connectivity index (χ2v) is 5.12. The van der Waals surface area contributed by atoms with Gasteiger partial charge >= 0.3 is 0 Å². The summed E-state index contributed by atoms with van der Waals surface area (Å²) in [6.07, 6.45) is 1.81. The van der Waals surface area contributed by atoms with Crippen LogP contribution in [0.3, 0.4) is 0 Å². The van der Waals surface area contributed by atoms with Gasteiger partial charge in [-0.25, -0.2) is 4.98 Å². The minimum Gasteiger partial charge on any atom is -0.472 e. The van der Waals surface area contributed by atoms with Crippen molar-refractivity contribution >= 4 is 0 Å². The highest BCUT2D eigenvalue weighted by molar-refractivity contribution is 5.20. The molecule has 0 aliphatic heterocycles. The van der Waals surface area contributed by atoms with Gasteiger partial charge in [0.15, 0.2) is 0 Å². The number of rotatable bonds is 9. The number of hydrogen-bond acceptors (Lipinski definition) is 4. The molecule has 0 radical (unpaired) electrons. The predicted molar refractivity (Wildman–Crippen MR) is 77.4 cm³/mol. The molecule has 1 heterocycles. The molecule has 108 valence electrons. The van der Waals surface area contributed by atoms with Crippen LogP contribution in [0.5, 0.6) is 5.88 Å². The molecule has 1 atom stereocenters. The Hall–Kier alpha value is -1.13. The maximum absolute atomic E-state index is 5.72. The van der Waals surface area contributed by atoms with Gasteiger partial charge in [0, 0.05) is 25.4 Å². The highest BCUT2D eigenvalue weighted by atomic mass is 16.5. The molecular weight excluding hydrogens is 240 g/mol. The lowest BCUT2D eigenvalue weighted by molar-refractivity contribution is 0.0633. The van der Waals surface area contributed by atoms with Crippen LogP contribution < -0.4 is 10.1 Å². The summed E-state index contributed by atoms with van der Waals surface area (Å²) < 4.78 is 11.0. The zero-order valence-corrected chi connectivity index (χ0v) is 12.5. The molecule has 4 heteroatoms. The van der Waals surface area contributed by atoms with Crippen molar-refractivity contribution < 1.29 is 9.47 Å². The molecule has 0 aliphatic carbocycles. The summed E-state index contributed by atoms with van der Waals surface area (Å²) in [6, 6.07) is 3.99. The molecule has 0 fully saturated rings. The summed E-state index contributed by atoms with van der Waals surface area (Å²) in [5.74, 6) is 1.32. The van der Waals surface area contributed by atoms with Gasteiger partial charge in [0.2, 0.25) is 5.88 Å². The van der Waals surface area contributed by atoms with Crippen molar-refractivity contribution in [2.45, 2.75) is 40.3 Å². The first-order chi connectivity index (χ1) is 9.11. The van der Waals surface area contributed by atoms with Crippen LogP contribution in [0, 0.1) is 5.92 Å². The lowest BCUT2D eigenvalue weighted by atomic mass is 10.2. The molecule has 0 aliphatic rings. The van der Waals surface area contributed by atoms with Crippen molar-refractivity contribution in [1.29, 1.82) is 0 Å². The molecule has 1 unspecified atom stereocenters. The maximum Gasteiger partial charge on any atom is 0.213 e. The van der Waals surface area contributed by atoms with Crippen molar-refractivity contribution in [1.82, 2.24) is 10.3 Å². The molecular formula is C15H26N2O2. The van der Waals surface area contributed by atoms with E-state index in [1.54, 1.807) is 6.20 Å². The van der Waals surface area contributed by atoms with Gasteiger partial charge in [0.25, 0.3) is 0 Å². The molecule has 1 N–H and O–H groups in total. The number of ether oxygens (including phenoxy) is 2. The van der Waals surface area contributed by atoms with Crippen molar-refractivity contribution in [3.63, 3.8) is 0 Å². The Kier molecular flexibility index (Phi) is 7.45. The summed E-state index contributed by atoms with van der Waals surface area (Å²) >= 11 is 0. The zero-order chi connectivity index (χ0) is 14.1. The van der Waals surface area contributed by atoms with Crippen molar-refractivity contribution in [3.8, 4) is 5.88 Å². The van der Waals surface area contributed by atoms with E-state index in [0.717, 1.165) is 13.1 Å². The molecule has 0 bridgehead atoms.